The number of halogens is 1. The number of anilines is 1. The van der Waals surface area contributed by atoms with E-state index in [0.29, 0.717) is 40.3 Å². The van der Waals surface area contributed by atoms with Crippen molar-refractivity contribution >= 4 is 23.8 Å². The first-order valence-corrected chi connectivity index (χ1v) is 12.0. The fourth-order valence-corrected chi connectivity index (χ4v) is 5.56. The van der Waals surface area contributed by atoms with Gasteiger partial charge in [0, 0.05) is 38.4 Å². The van der Waals surface area contributed by atoms with Gasteiger partial charge in [0.15, 0.2) is 23.9 Å². The summed E-state index contributed by atoms with van der Waals surface area (Å²) in [5, 5.41) is 19.1. The highest BCUT2D eigenvalue weighted by molar-refractivity contribution is 6.45. The minimum atomic E-state index is -1.14. The number of aromatic nitrogens is 3. The summed E-state index contributed by atoms with van der Waals surface area (Å²) < 4.78 is 31.9. The second-order valence-corrected chi connectivity index (χ2v) is 9.49. The molecule has 0 amide bonds. The molecule has 2 fully saturated rings. The molecule has 2 bridgehead atoms. The zero-order valence-corrected chi connectivity index (χ0v) is 20.7. The first-order chi connectivity index (χ1) is 17.3. The highest BCUT2D eigenvalue weighted by atomic mass is 19.1. The lowest BCUT2D eigenvalue weighted by atomic mass is 9.78. The van der Waals surface area contributed by atoms with E-state index in [0.717, 1.165) is 12.8 Å². The number of alkyl halides is 1. The van der Waals surface area contributed by atoms with Gasteiger partial charge in [-0.25, -0.2) is 9.37 Å². The average Bonchev–Trinajstić information content (AvgIpc) is 3.21. The fourth-order valence-electron chi connectivity index (χ4n) is 5.56. The molecule has 0 spiro atoms. The van der Waals surface area contributed by atoms with Crippen LogP contribution in [-0.4, -0.2) is 77.3 Å². The molecule has 0 aliphatic carbocycles. The van der Waals surface area contributed by atoms with Crippen molar-refractivity contribution in [2.45, 2.75) is 57.3 Å². The normalized spacial score (nSPS) is 23.7. The molecule has 190 valence electrons. The Morgan fingerprint density at radius 1 is 1.31 bits per heavy atom. The van der Waals surface area contributed by atoms with Crippen LogP contribution in [0.3, 0.4) is 0 Å². The van der Waals surface area contributed by atoms with E-state index in [1.807, 2.05) is 4.81 Å². The lowest BCUT2D eigenvalue weighted by molar-refractivity contribution is 0.0515. The van der Waals surface area contributed by atoms with E-state index < -0.39 is 19.3 Å². The molecule has 0 saturated carbocycles. The molecule has 1 aromatic carbocycles. The summed E-state index contributed by atoms with van der Waals surface area (Å²) in [6, 6.07) is 4.07. The molecule has 2 aromatic heterocycles. The average molecular weight is 497 g/mol. The Kier molecular flexibility index (Phi) is 6.67. The second kappa shape index (κ2) is 9.76. The van der Waals surface area contributed by atoms with Gasteiger partial charge in [0.25, 0.3) is 0 Å². The third-order valence-electron chi connectivity index (χ3n) is 7.21. The van der Waals surface area contributed by atoms with Crippen molar-refractivity contribution in [2.24, 2.45) is 0 Å². The Balaban J connectivity index is 1.44. The van der Waals surface area contributed by atoms with E-state index in [2.05, 4.69) is 15.2 Å². The SMILES string of the molecule is COCOc1cc2oc(C)cc(=O)c2cc1-c1ncc(N(C)[C@H]2CC3CCC([C@H]2F)N3B(C)O)nn1. The summed E-state index contributed by atoms with van der Waals surface area (Å²) in [6.07, 6.45) is 2.58. The van der Waals surface area contributed by atoms with Gasteiger partial charge in [-0.1, -0.05) is 0 Å². The van der Waals surface area contributed by atoms with E-state index in [1.54, 1.807) is 44.0 Å². The summed E-state index contributed by atoms with van der Waals surface area (Å²) in [5.41, 5.74) is 0.653. The molecular weight excluding hydrogens is 468 g/mol. The van der Waals surface area contributed by atoms with Gasteiger partial charge < -0.3 is 28.6 Å². The Bertz CT molecular complexity index is 1310. The van der Waals surface area contributed by atoms with E-state index in [9.17, 15) is 9.82 Å². The molecule has 4 heterocycles. The number of hydrogen-bond acceptors (Lipinski definition) is 10. The van der Waals surface area contributed by atoms with Crippen molar-refractivity contribution in [3.05, 3.63) is 40.4 Å². The lowest BCUT2D eigenvalue weighted by Crippen LogP contribution is -2.60. The van der Waals surface area contributed by atoms with Gasteiger partial charge >= 0.3 is 7.05 Å². The molecule has 36 heavy (non-hydrogen) atoms. The maximum atomic E-state index is 15.5. The number of benzene rings is 1. The van der Waals surface area contributed by atoms with Crippen LogP contribution in [0.2, 0.25) is 6.82 Å². The molecule has 5 rings (SSSR count). The Hall–Kier alpha value is -3.09. The minimum Gasteiger partial charge on any atom is -0.467 e. The minimum absolute atomic E-state index is 0.0197. The number of ether oxygens (including phenoxy) is 2. The maximum absolute atomic E-state index is 15.5. The molecule has 10 nitrogen and oxygen atoms in total. The smallest absolute Gasteiger partial charge is 0.376 e. The van der Waals surface area contributed by atoms with Crippen molar-refractivity contribution in [2.75, 3.05) is 25.9 Å². The standard InChI is InChI=1S/C24H29BFN5O5/c1-13-7-19(32)15-9-16(20(35-12-34-4)10-21(15)36-13)24-27-11-22(28-29-24)30(3)18-8-14-5-6-17(23(18)26)31(14)25(2)33/h7,9-11,14,17-18,23,33H,5-6,8,12H2,1-4H3/t14?,17?,18-,23+/m0/s1. The first-order valence-electron chi connectivity index (χ1n) is 12.0. The number of nitrogens with zero attached hydrogens (tertiary/aromatic N) is 5. The van der Waals surface area contributed by atoms with Crippen LogP contribution in [0.5, 0.6) is 5.75 Å². The summed E-state index contributed by atoms with van der Waals surface area (Å²) in [5.74, 6) is 1.56. The molecule has 2 aliphatic heterocycles. The van der Waals surface area contributed by atoms with Crippen LogP contribution < -0.4 is 15.1 Å². The number of fused-ring (bicyclic) bond motifs is 3. The van der Waals surface area contributed by atoms with Gasteiger partial charge in [-0.3, -0.25) is 4.79 Å². The van der Waals surface area contributed by atoms with Crippen LogP contribution in [0.1, 0.15) is 25.0 Å². The summed E-state index contributed by atoms with van der Waals surface area (Å²) in [6.45, 7) is 3.38. The summed E-state index contributed by atoms with van der Waals surface area (Å²) in [4.78, 5) is 20.7. The maximum Gasteiger partial charge on any atom is 0.376 e. The predicted molar refractivity (Wildman–Crippen MR) is 133 cm³/mol. The molecule has 3 aromatic rings. The lowest BCUT2D eigenvalue weighted by Gasteiger charge is -2.45. The van der Waals surface area contributed by atoms with E-state index in [4.69, 9.17) is 13.9 Å². The highest BCUT2D eigenvalue weighted by Crippen LogP contribution is 2.40. The van der Waals surface area contributed by atoms with E-state index in [1.165, 1.54) is 13.2 Å². The molecular formula is C24H29BFN5O5. The van der Waals surface area contributed by atoms with Gasteiger partial charge in [0.2, 0.25) is 0 Å². The van der Waals surface area contributed by atoms with Gasteiger partial charge in [-0.05, 0) is 39.1 Å². The van der Waals surface area contributed by atoms with Crippen molar-refractivity contribution in [3.8, 4) is 17.1 Å². The third kappa shape index (κ3) is 4.33. The highest BCUT2D eigenvalue weighted by Gasteiger charge is 2.51. The molecule has 12 heteroatoms. The second-order valence-electron chi connectivity index (χ2n) is 9.49. The zero-order valence-electron chi connectivity index (χ0n) is 20.7. The Morgan fingerprint density at radius 2 is 2.11 bits per heavy atom. The van der Waals surface area contributed by atoms with Crippen molar-refractivity contribution in [3.63, 3.8) is 0 Å². The molecule has 2 saturated heterocycles. The number of methoxy groups -OCH3 is 1. The monoisotopic (exact) mass is 497 g/mol. The van der Waals surface area contributed by atoms with Crippen LogP contribution in [-0.2, 0) is 4.74 Å². The molecule has 1 N–H and O–H groups in total. The fraction of sp³-hybridized carbons (Fsp3) is 0.500. The van der Waals surface area contributed by atoms with Gasteiger partial charge in [-0.2, -0.15) is 0 Å². The quantitative estimate of drug-likeness (QED) is 0.386. The van der Waals surface area contributed by atoms with Crippen molar-refractivity contribution in [1.29, 1.82) is 0 Å². The van der Waals surface area contributed by atoms with Crippen molar-refractivity contribution < 1.29 is 23.3 Å². The Morgan fingerprint density at radius 3 is 2.81 bits per heavy atom. The largest absolute Gasteiger partial charge is 0.467 e. The molecule has 2 unspecified atom stereocenters. The van der Waals surface area contributed by atoms with Gasteiger partial charge in [0.1, 0.15) is 23.3 Å². The van der Waals surface area contributed by atoms with Crippen LogP contribution in [0, 0.1) is 6.92 Å². The number of hydrogen-bond donors (Lipinski definition) is 1. The summed E-state index contributed by atoms with van der Waals surface area (Å²) in [7, 11) is 2.62. The van der Waals surface area contributed by atoms with Crippen LogP contribution in [0.4, 0.5) is 10.2 Å². The molecule has 0 radical (unpaired) electrons. The van der Waals surface area contributed by atoms with Crippen LogP contribution in [0.15, 0.2) is 33.6 Å². The first kappa shape index (κ1) is 24.6. The topological polar surface area (TPSA) is 114 Å². The predicted octanol–water partition coefficient (Wildman–Crippen LogP) is 2.43. The van der Waals surface area contributed by atoms with Crippen LogP contribution >= 0.6 is 0 Å². The number of aryl methyl sites for hydroxylation is 1. The molecule has 2 aliphatic rings. The van der Waals surface area contributed by atoms with Crippen molar-refractivity contribution in [1.82, 2.24) is 20.0 Å². The van der Waals surface area contributed by atoms with Gasteiger partial charge in [-0.15, -0.1) is 10.2 Å². The summed E-state index contributed by atoms with van der Waals surface area (Å²) >= 11 is 0. The Labute approximate surface area is 208 Å². The van der Waals surface area contributed by atoms with Crippen LogP contribution in [0.25, 0.3) is 22.4 Å². The van der Waals surface area contributed by atoms with Gasteiger partial charge in [0.05, 0.1) is 23.2 Å². The number of rotatable bonds is 7. The third-order valence-corrected chi connectivity index (χ3v) is 7.21. The molecule has 4 atom stereocenters. The zero-order chi connectivity index (χ0) is 25.6. The van der Waals surface area contributed by atoms with E-state index >= 15 is 4.39 Å². The van der Waals surface area contributed by atoms with E-state index in [-0.39, 0.29) is 30.1 Å². The number of piperidine rings is 1.